The molecular formula is C15H23N3O2. The summed E-state index contributed by atoms with van der Waals surface area (Å²) in [5.74, 6) is 0.0949. The van der Waals surface area contributed by atoms with E-state index in [0.717, 1.165) is 31.5 Å². The van der Waals surface area contributed by atoms with Crippen molar-refractivity contribution in [2.24, 2.45) is 5.73 Å². The van der Waals surface area contributed by atoms with Crippen molar-refractivity contribution in [2.45, 2.75) is 45.2 Å². The Labute approximate surface area is 119 Å². The Morgan fingerprint density at radius 3 is 2.95 bits per heavy atom. The summed E-state index contributed by atoms with van der Waals surface area (Å²) in [4.78, 5) is 25.8. The highest BCUT2D eigenvalue weighted by molar-refractivity contribution is 5.76. The molecule has 1 aliphatic heterocycles. The van der Waals surface area contributed by atoms with Crippen LogP contribution >= 0.6 is 0 Å². The van der Waals surface area contributed by atoms with E-state index in [4.69, 9.17) is 5.73 Å². The fraction of sp³-hybridized carbons (Fsp3) is 0.600. The first-order valence-electron chi connectivity index (χ1n) is 7.28. The van der Waals surface area contributed by atoms with Crippen molar-refractivity contribution >= 4 is 5.91 Å². The van der Waals surface area contributed by atoms with E-state index >= 15 is 0 Å². The largest absolute Gasteiger partial charge is 0.341 e. The van der Waals surface area contributed by atoms with E-state index < -0.39 is 0 Å². The third-order valence-electron chi connectivity index (χ3n) is 3.88. The normalized spacial score (nSPS) is 19.7. The standard InChI is InChI=1S/C15H23N3O2/c1-12-5-4-7-15(20)18(12)10-8-14(19)17-9-3-2-6-13(16)11-17/h4-5,7,13H,2-3,6,8-11,16H2,1H3/t13-/m0/s1. The lowest BCUT2D eigenvalue weighted by atomic mass is 10.2. The van der Waals surface area contributed by atoms with Crippen LogP contribution in [0.4, 0.5) is 0 Å². The predicted octanol–water partition coefficient (Wildman–Crippen LogP) is 0.887. The van der Waals surface area contributed by atoms with Gasteiger partial charge in [0.1, 0.15) is 0 Å². The van der Waals surface area contributed by atoms with Crippen molar-refractivity contribution in [1.29, 1.82) is 0 Å². The smallest absolute Gasteiger partial charge is 0.250 e. The summed E-state index contributed by atoms with van der Waals surface area (Å²) in [6.07, 6.45) is 3.45. The van der Waals surface area contributed by atoms with Crippen molar-refractivity contribution in [3.05, 3.63) is 34.2 Å². The van der Waals surface area contributed by atoms with E-state index in [1.807, 2.05) is 17.9 Å². The SMILES string of the molecule is Cc1cccc(=O)n1CCC(=O)N1CCCC[C@H](N)C1. The highest BCUT2D eigenvalue weighted by Crippen LogP contribution is 2.10. The first kappa shape index (κ1) is 14.8. The molecule has 1 aliphatic rings. The van der Waals surface area contributed by atoms with Crippen LogP contribution < -0.4 is 11.3 Å². The lowest BCUT2D eigenvalue weighted by Gasteiger charge is -2.23. The van der Waals surface area contributed by atoms with E-state index in [-0.39, 0.29) is 17.5 Å². The van der Waals surface area contributed by atoms with Crippen LogP contribution in [0.5, 0.6) is 0 Å². The molecule has 1 amide bonds. The number of hydrogen-bond acceptors (Lipinski definition) is 3. The van der Waals surface area contributed by atoms with Crippen LogP contribution in [-0.2, 0) is 11.3 Å². The molecule has 5 heteroatoms. The highest BCUT2D eigenvalue weighted by Gasteiger charge is 2.19. The second kappa shape index (κ2) is 6.70. The molecule has 0 saturated carbocycles. The maximum absolute atomic E-state index is 12.2. The fourth-order valence-corrected chi connectivity index (χ4v) is 2.68. The first-order chi connectivity index (χ1) is 9.58. The van der Waals surface area contributed by atoms with Crippen molar-refractivity contribution < 1.29 is 4.79 Å². The summed E-state index contributed by atoms with van der Waals surface area (Å²) in [6.45, 7) is 3.75. The Morgan fingerprint density at radius 1 is 1.40 bits per heavy atom. The van der Waals surface area contributed by atoms with Crippen LogP contribution in [0, 0.1) is 6.92 Å². The number of hydrogen-bond donors (Lipinski definition) is 1. The quantitative estimate of drug-likeness (QED) is 0.892. The van der Waals surface area contributed by atoms with Crippen LogP contribution in [-0.4, -0.2) is 34.5 Å². The third-order valence-corrected chi connectivity index (χ3v) is 3.88. The van der Waals surface area contributed by atoms with E-state index in [9.17, 15) is 9.59 Å². The zero-order valence-electron chi connectivity index (χ0n) is 12.0. The van der Waals surface area contributed by atoms with E-state index in [0.29, 0.717) is 19.5 Å². The zero-order chi connectivity index (χ0) is 14.5. The lowest BCUT2D eigenvalue weighted by molar-refractivity contribution is -0.131. The molecule has 1 fully saturated rings. The number of nitrogens with zero attached hydrogens (tertiary/aromatic N) is 2. The zero-order valence-corrected chi connectivity index (χ0v) is 12.0. The molecular weight excluding hydrogens is 254 g/mol. The molecule has 0 spiro atoms. The Morgan fingerprint density at radius 2 is 2.20 bits per heavy atom. The monoisotopic (exact) mass is 277 g/mol. The lowest BCUT2D eigenvalue weighted by Crippen LogP contribution is -2.40. The number of carbonyl (C=O) groups excluding carboxylic acids is 1. The van der Waals surface area contributed by atoms with Crippen LogP contribution in [0.3, 0.4) is 0 Å². The minimum Gasteiger partial charge on any atom is -0.341 e. The Kier molecular flexibility index (Phi) is 4.95. The molecule has 0 unspecified atom stereocenters. The summed E-state index contributed by atoms with van der Waals surface area (Å²) < 4.78 is 1.65. The summed E-state index contributed by atoms with van der Waals surface area (Å²) in [5, 5.41) is 0. The number of amides is 1. The Hall–Kier alpha value is -1.62. The number of aryl methyl sites for hydroxylation is 1. The molecule has 0 radical (unpaired) electrons. The van der Waals surface area contributed by atoms with Gasteiger partial charge < -0.3 is 15.2 Å². The summed E-state index contributed by atoms with van der Waals surface area (Å²) in [5.41, 5.74) is 6.81. The van der Waals surface area contributed by atoms with Gasteiger partial charge in [-0.2, -0.15) is 0 Å². The molecule has 0 aliphatic carbocycles. The van der Waals surface area contributed by atoms with Gasteiger partial charge in [-0.05, 0) is 25.8 Å². The van der Waals surface area contributed by atoms with Gasteiger partial charge >= 0.3 is 0 Å². The van der Waals surface area contributed by atoms with E-state index in [1.54, 1.807) is 10.6 Å². The molecule has 110 valence electrons. The molecule has 5 nitrogen and oxygen atoms in total. The second-order valence-electron chi connectivity index (χ2n) is 5.50. The predicted molar refractivity (Wildman–Crippen MR) is 78.5 cm³/mol. The molecule has 2 rings (SSSR count). The van der Waals surface area contributed by atoms with Gasteiger partial charge in [-0.3, -0.25) is 9.59 Å². The van der Waals surface area contributed by atoms with Crippen LogP contribution in [0.15, 0.2) is 23.0 Å². The van der Waals surface area contributed by atoms with Crippen molar-refractivity contribution in [3.63, 3.8) is 0 Å². The number of likely N-dealkylation sites (tertiary alicyclic amines) is 1. The molecule has 1 aromatic rings. The number of pyridine rings is 1. The highest BCUT2D eigenvalue weighted by atomic mass is 16.2. The van der Waals surface area contributed by atoms with Gasteiger partial charge in [0.15, 0.2) is 0 Å². The van der Waals surface area contributed by atoms with Gasteiger partial charge in [0, 0.05) is 43.9 Å². The molecule has 1 aromatic heterocycles. The minimum absolute atomic E-state index is 0.0506. The van der Waals surface area contributed by atoms with Gasteiger partial charge in [-0.15, -0.1) is 0 Å². The van der Waals surface area contributed by atoms with Crippen LogP contribution in [0.2, 0.25) is 0 Å². The summed E-state index contributed by atoms with van der Waals surface area (Å²) >= 11 is 0. The molecule has 20 heavy (non-hydrogen) atoms. The molecule has 1 saturated heterocycles. The fourth-order valence-electron chi connectivity index (χ4n) is 2.68. The Balaban J connectivity index is 1.96. The topological polar surface area (TPSA) is 68.3 Å². The summed E-state index contributed by atoms with van der Waals surface area (Å²) in [7, 11) is 0. The van der Waals surface area contributed by atoms with Gasteiger partial charge in [-0.25, -0.2) is 0 Å². The summed E-state index contributed by atoms with van der Waals surface area (Å²) in [6, 6.07) is 5.24. The van der Waals surface area contributed by atoms with Crippen LogP contribution in [0.1, 0.15) is 31.4 Å². The number of rotatable bonds is 3. The van der Waals surface area contributed by atoms with Gasteiger partial charge in [0.05, 0.1) is 0 Å². The van der Waals surface area contributed by atoms with Crippen molar-refractivity contribution in [1.82, 2.24) is 9.47 Å². The minimum atomic E-state index is -0.0506. The van der Waals surface area contributed by atoms with E-state index in [1.165, 1.54) is 6.07 Å². The molecule has 1 atom stereocenters. The number of nitrogens with two attached hydrogens (primary N) is 1. The number of aromatic nitrogens is 1. The average Bonchev–Trinajstić information content (AvgIpc) is 2.62. The maximum atomic E-state index is 12.2. The van der Waals surface area contributed by atoms with Gasteiger partial charge in [0.25, 0.3) is 5.56 Å². The van der Waals surface area contributed by atoms with E-state index in [2.05, 4.69) is 0 Å². The van der Waals surface area contributed by atoms with Crippen LogP contribution in [0.25, 0.3) is 0 Å². The molecule has 0 aromatic carbocycles. The molecule has 0 bridgehead atoms. The van der Waals surface area contributed by atoms with Gasteiger partial charge in [0.2, 0.25) is 5.91 Å². The Bertz CT molecular complexity index is 524. The average molecular weight is 277 g/mol. The maximum Gasteiger partial charge on any atom is 0.250 e. The third kappa shape index (κ3) is 3.70. The van der Waals surface area contributed by atoms with Crippen molar-refractivity contribution in [3.8, 4) is 0 Å². The molecule has 2 heterocycles. The second-order valence-corrected chi connectivity index (χ2v) is 5.50. The molecule has 2 N–H and O–H groups in total. The number of carbonyl (C=O) groups is 1. The van der Waals surface area contributed by atoms with Crippen molar-refractivity contribution in [2.75, 3.05) is 13.1 Å². The first-order valence-corrected chi connectivity index (χ1v) is 7.28. The van der Waals surface area contributed by atoms with Gasteiger partial charge in [-0.1, -0.05) is 12.5 Å².